The third-order valence-corrected chi connectivity index (χ3v) is 6.97. The fourth-order valence-corrected chi connectivity index (χ4v) is 5.53. The third kappa shape index (κ3) is 3.68. The highest BCUT2D eigenvalue weighted by molar-refractivity contribution is 7.88. The third-order valence-electron chi connectivity index (χ3n) is 4.26. The number of rotatable bonds is 4. The lowest BCUT2D eigenvalue weighted by atomic mass is 9.92. The van der Waals surface area contributed by atoms with Gasteiger partial charge in [0.15, 0.2) is 5.58 Å². The molecule has 1 aliphatic rings. The zero-order chi connectivity index (χ0) is 18.4. The van der Waals surface area contributed by atoms with E-state index in [-0.39, 0.29) is 36.1 Å². The summed E-state index contributed by atoms with van der Waals surface area (Å²) in [7, 11) is -4.92. The van der Waals surface area contributed by atoms with Gasteiger partial charge in [0.05, 0.1) is 5.75 Å². The monoisotopic (exact) mass is 384 g/mol. The maximum atomic E-state index is 12.8. The summed E-state index contributed by atoms with van der Waals surface area (Å²) in [5, 5.41) is 0.116. The largest absolute Gasteiger partial charge is 0.430 e. The van der Waals surface area contributed by atoms with Crippen molar-refractivity contribution in [1.29, 1.82) is 0 Å². The van der Waals surface area contributed by atoms with Crippen LogP contribution < -0.4 is 0 Å². The predicted molar refractivity (Wildman–Crippen MR) is 94.0 cm³/mol. The predicted octanol–water partition coefficient (Wildman–Crippen LogP) is 1.84. The quantitative estimate of drug-likeness (QED) is 0.798. The number of carbonyl (C=O) groups excluding carboxylic acids is 1. The Balaban J connectivity index is 1.89. The molecule has 7 nitrogen and oxygen atoms in total. The van der Waals surface area contributed by atoms with Crippen molar-refractivity contribution in [2.24, 2.45) is 0 Å². The molecule has 25 heavy (non-hydrogen) atoms. The van der Waals surface area contributed by atoms with Crippen molar-refractivity contribution in [2.45, 2.75) is 43.2 Å². The first kappa shape index (κ1) is 18.2. The molecule has 136 valence electrons. The van der Waals surface area contributed by atoms with Crippen LogP contribution in [-0.2, 0) is 31.4 Å². The Morgan fingerprint density at radius 1 is 1.36 bits per heavy atom. The zero-order valence-corrected chi connectivity index (χ0v) is 15.9. The second-order valence-electron chi connectivity index (χ2n) is 6.84. The van der Waals surface area contributed by atoms with E-state index in [1.807, 2.05) is 0 Å². The SMILES string of the molecule is CS(=O)c1nc2cc(CS(=O)(=O)N3CCC(=O)CC3(C)C)ccc2o1. The summed E-state index contributed by atoms with van der Waals surface area (Å²) in [4.78, 5) is 15.8. The first-order valence-corrected chi connectivity index (χ1v) is 11.0. The molecule has 1 aliphatic heterocycles. The minimum atomic E-state index is -3.58. The summed E-state index contributed by atoms with van der Waals surface area (Å²) in [6.45, 7) is 3.75. The van der Waals surface area contributed by atoms with Crippen LogP contribution in [0.3, 0.4) is 0 Å². The van der Waals surface area contributed by atoms with Gasteiger partial charge in [-0.2, -0.15) is 4.31 Å². The van der Waals surface area contributed by atoms with E-state index in [1.165, 1.54) is 10.6 Å². The van der Waals surface area contributed by atoms with Gasteiger partial charge in [0.1, 0.15) is 22.1 Å². The maximum absolute atomic E-state index is 12.8. The molecular formula is C16H20N2O5S2. The second-order valence-corrected chi connectivity index (χ2v) is 9.99. The van der Waals surface area contributed by atoms with Gasteiger partial charge in [-0.3, -0.25) is 4.79 Å². The molecule has 9 heteroatoms. The van der Waals surface area contributed by atoms with E-state index >= 15 is 0 Å². The Kier molecular flexibility index (Phi) is 4.59. The van der Waals surface area contributed by atoms with Crippen molar-refractivity contribution >= 4 is 37.7 Å². The standard InChI is InChI=1S/C16H20N2O5S2/c1-16(2)9-12(19)6-7-18(16)25(21,22)10-11-4-5-14-13(8-11)17-15(23-14)24(3)20/h4-5,8H,6-7,9-10H2,1-3H3. The Bertz CT molecular complexity index is 962. The van der Waals surface area contributed by atoms with Crippen LogP contribution in [0, 0.1) is 0 Å². The second kappa shape index (κ2) is 6.30. The van der Waals surface area contributed by atoms with E-state index in [1.54, 1.807) is 32.0 Å². The van der Waals surface area contributed by atoms with Crippen LogP contribution in [0.2, 0.25) is 0 Å². The number of benzene rings is 1. The van der Waals surface area contributed by atoms with E-state index in [9.17, 15) is 17.4 Å². The van der Waals surface area contributed by atoms with Crippen LogP contribution in [-0.4, -0.2) is 46.0 Å². The molecule has 1 unspecified atom stereocenters. The van der Waals surface area contributed by atoms with Crippen LogP contribution in [0.5, 0.6) is 0 Å². The summed E-state index contributed by atoms with van der Waals surface area (Å²) in [5.74, 6) is -0.0987. The molecule has 0 spiro atoms. The van der Waals surface area contributed by atoms with Crippen molar-refractivity contribution in [3.05, 3.63) is 23.8 Å². The molecule has 0 saturated carbocycles. The highest BCUT2D eigenvalue weighted by atomic mass is 32.2. The van der Waals surface area contributed by atoms with E-state index in [4.69, 9.17) is 4.42 Å². The highest BCUT2D eigenvalue weighted by Gasteiger charge is 2.40. The Labute approximate surface area is 148 Å². The summed E-state index contributed by atoms with van der Waals surface area (Å²) in [6, 6.07) is 4.93. The lowest BCUT2D eigenvalue weighted by molar-refractivity contribution is -0.123. The number of piperidine rings is 1. The van der Waals surface area contributed by atoms with E-state index in [0.717, 1.165) is 0 Å². The van der Waals surface area contributed by atoms with Crippen molar-refractivity contribution in [2.75, 3.05) is 12.8 Å². The fraction of sp³-hybridized carbons (Fsp3) is 0.500. The topological polar surface area (TPSA) is 97.5 Å². The summed E-state index contributed by atoms with van der Waals surface area (Å²) >= 11 is 0. The molecule has 0 aliphatic carbocycles. The lowest BCUT2D eigenvalue weighted by Gasteiger charge is -2.40. The molecule has 1 saturated heterocycles. The molecule has 1 aromatic heterocycles. The summed E-state index contributed by atoms with van der Waals surface area (Å²) < 4.78 is 43.9. The van der Waals surface area contributed by atoms with Gasteiger partial charge in [0.25, 0.3) is 5.22 Å². The number of Topliss-reactive ketones (excluding diaryl/α,β-unsaturated/α-hetero) is 1. The van der Waals surface area contributed by atoms with Crippen LogP contribution in [0.15, 0.2) is 27.8 Å². The fourth-order valence-electron chi connectivity index (χ4n) is 3.16. The Hall–Kier alpha value is -1.58. The number of hydrogen-bond acceptors (Lipinski definition) is 6. The van der Waals surface area contributed by atoms with Crippen molar-refractivity contribution < 1.29 is 21.8 Å². The van der Waals surface area contributed by atoms with Gasteiger partial charge in [0, 0.05) is 31.2 Å². The number of ketones is 1. The number of fused-ring (bicyclic) bond motifs is 1. The first-order valence-electron chi connectivity index (χ1n) is 7.84. The van der Waals surface area contributed by atoms with Crippen LogP contribution in [0.4, 0.5) is 0 Å². The first-order chi connectivity index (χ1) is 11.6. The van der Waals surface area contributed by atoms with Crippen molar-refractivity contribution in [1.82, 2.24) is 9.29 Å². The Morgan fingerprint density at radius 2 is 2.08 bits per heavy atom. The molecular weight excluding hydrogens is 364 g/mol. The van der Waals surface area contributed by atoms with Crippen LogP contribution >= 0.6 is 0 Å². The van der Waals surface area contributed by atoms with Gasteiger partial charge in [-0.05, 0) is 31.5 Å². The number of oxazole rings is 1. The van der Waals surface area contributed by atoms with Gasteiger partial charge in [-0.25, -0.2) is 17.6 Å². The number of sulfonamides is 1. The van der Waals surface area contributed by atoms with Gasteiger partial charge in [0.2, 0.25) is 10.0 Å². The van der Waals surface area contributed by atoms with Gasteiger partial charge in [-0.15, -0.1) is 0 Å². The molecule has 0 radical (unpaired) electrons. The molecule has 3 rings (SSSR count). The molecule has 0 bridgehead atoms. The maximum Gasteiger partial charge on any atom is 0.287 e. The lowest BCUT2D eigenvalue weighted by Crippen LogP contribution is -2.53. The Morgan fingerprint density at radius 3 is 2.72 bits per heavy atom. The average Bonchev–Trinajstić information content (AvgIpc) is 2.88. The number of nitrogens with zero attached hydrogens (tertiary/aromatic N) is 2. The van der Waals surface area contributed by atoms with Crippen LogP contribution in [0.25, 0.3) is 11.1 Å². The van der Waals surface area contributed by atoms with Gasteiger partial charge >= 0.3 is 0 Å². The normalized spacial score (nSPS) is 20.0. The molecule has 2 heterocycles. The van der Waals surface area contributed by atoms with Crippen molar-refractivity contribution in [3.63, 3.8) is 0 Å². The molecule has 1 fully saturated rings. The van der Waals surface area contributed by atoms with Gasteiger partial charge < -0.3 is 4.42 Å². The zero-order valence-electron chi connectivity index (χ0n) is 14.3. The average molecular weight is 384 g/mol. The van der Waals surface area contributed by atoms with Gasteiger partial charge in [-0.1, -0.05) is 6.07 Å². The van der Waals surface area contributed by atoms with E-state index < -0.39 is 26.4 Å². The minimum absolute atomic E-state index is 0.0839. The number of carbonyl (C=O) groups is 1. The molecule has 0 amide bonds. The molecule has 1 aromatic carbocycles. The van der Waals surface area contributed by atoms with E-state index in [0.29, 0.717) is 16.7 Å². The smallest absolute Gasteiger partial charge is 0.287 e. The number of aromatic nitrogens is 1. The van der Waals surface area contributed by atoms with Crippen molar-refractivity contribution in [3.8, 4) is 0 Å². The van der Waals surface area contributed by atoms with E-state index in [2.05, 4.69) is 4.98 Å². The highest BCUT2D eigenvalue weighted by Crippen LogP contribution is 2.30. The molecule has 0 N–H and O–H groups in total. The minimum Gasteiger partial charge on any atom is -0.430 e. The summed E-state index contributed by atoms with van der Waals surface area (Å²) in [6.07, 6.45) is 1.94. The summed E-state index contributed by atoms with van der Waals surface area (Å²) in [5.41, 5.74) is 0.793. The molecule has 2 aromatic rings. The van der Waals surface area contributed by atoms with Crippen LogP contribution in [0.1, 0.15) is 32.3 Å². The number of hydrogen-bond donors (Lipinski definition) is 0. The molecule has 1 atom stereocenters.